The monoisotopic (exact) mass is 402 g/mol. The van der Waals surface area contributed by atoms with E-state index in [2.05, 4.69) is 10.6 Å². The summed E-state index contributed by atoms with van der Waals surface area (Å²) in [6.45, 7) is 12.0. The Balaban J connectivity index is 2.12. The molecule has 2 saturated heterocycles. The molecule has 2 amide bonds. The minimum Gasteiger partial charge on any atom is -0.479 e. The fraction of sp³-hybridized carbons (Fsp3) is 0.833. The van der Waals surface area contributed by atoms with Crippen molar-refractivity contribution < 1.29 is 38.4 Å². The van der Waals surface area contributed by atoms with Crippen LogP contribution >= 0.6 is 0 Å². The van der Waals surface area contributed by atoms with Gasteiger partial charge in [-0.1, -0.05) is 13.8 Å². The second-order valence-electron chi connectivity index (χ2n) is 8.77. The van der Waals surface area contributed by atoms with Crippen LogP contribution in [0.1, 0.15) is 48.5 Å². The lowest BCUT2D eigenvalue weighted by molar-refractivity contribution is -0.212. The third-order valence-electron chi connectivity index (χ3n) is 4.22. The number of fused-ring (bicyclic) bond motifs is 1. The van der Waals surface area contributed by atoms with Gasteiger partial charge in [-0.2, -0.15) is 0 Å². The molecule has 0 aromatic rings. The first-order valence-corrected chi connectivity index (χ1v) is 9.24. The van der Waals surface area contributed by atoms with Crippen LogP contribution in [-0.4, -0.2) is 65.0 Å². The van der Waals surface area contributed by atoms with Crippen molar-refractivity contribution in [3.05, 3.63) is 0 Å². The molecule has 0 aliphatic carbocycles. The number of carboxylic acid groups (broad SMARTS) is 1. The molecule has 10 heteroatoms. The Morgan fingerprint density at radius 3 is 2.25 bits per heavy atom. The van der Waals surface area contributed by atoms with Gasteiger partial charge in [0.1, 0.15) is 17.7 Å². The highest BCUT2D eigenvalue weighted by Gasteiger charge is 2.57. The van der Waals surface area contributed by atoms with Crippen molar-refractivity contribution in [1.29, 1.82) is 0 Å². The van der Waals surface area contributed by atoms with Gasteiger partial charge >= 0.3 is 12.1 Å². The number of carboxylic acids is 1. The second-order valence-corrected chi connectivity index (χ2v) is 8.77. The van der Waals surface area contributed by atoms with Crippen molar-refractivity contribution in [3.8, 4) is 0 Å². The SMILES string of the molecule is CC(C)[C@@H](NC(=O)OC(C)(C)C)C(=O)N[C@@H]1[C@H]2OC(C)(C)O[C@H]2O[C@@H]1C(=O)O. The molecule has 3 N–H and O–H groups in total. The highest BCUT2D eigenvalue weighted by atomic mass is 16.8. The summed E-state index contributed by atoms with van der Waals surface area (Å²) < 4.78 is 21.9. The minimum absolute atomic E-state index is 0.272. The molecule has 2 rings (SSSR count). The number of nitrogens with one attached hydrogen (secondary N) is 2. The maximum atomic E-state index is 12.8. The number of aliphatic carboxylic acids is 1. The van der Waals surface area contributed by atoms with Crippen molar-refractivity contribution in [1.82, 2.24) is 10.6 Å². The number of amides is 2. The Bertz CT molecular complexity index is 628. The zero-order valence-electron chi connectivity index (χ0n) is 17.3. The van der Waals surface area contributed by atoms with E-state index in [1.54, 1.807) is 48.5 Å². The first-order valence-electron chi connectivity index (χ1n) is 9.24. The van der Waals surface area contributed by atoms with Crippen molar-refractivity contribution in [2.24, 2.45) is 5.92 Å². The summed E-state index contributed by atoms with van der Waals surface area (Å²) in [5.74, 6) is -3.04. The van der Waals surface area contributed by atoms with Gasteiger partial charge in [-0.3, -0.25) is 4.79 Å². The second kappa shape index (κ2) is 7.84. The van der Waals surface area contributed by atoms with Crippen LogP contribution in [0.4, 0.5) is 4.79 Å². The molecule has 0 radical (unpaired) electrons. The molecular formula is C18H30N2O8. The average Bonchev–Trinajstić information content (AvgIpc) is 2.95. The van der Waals surface area contributed by atoms with Gasteiger partial charge in [-0.05, 0) is 40.5 Å². The van der Waals surface area contributed by atoms with Crippen LogP contribution in [0.3, 0.4) is 0 Å². The van der Waals surface area contributed by atoms with E-state index >= 15 is 0 Å². The standard InChI is InChI=1S/C18H30N2O8/c1-8(2)9(20-16(24)28-17(3,4)5)13(21)19-10-11(14(22)23)25-15-12(10)26-18(6,7)27-15/h8-12,15H,1-7H3,(H,19,21)(H,20,24)(H,22,23)/t9-,10+,11+,12-,15-/m1/s1. The number of alkyl carbamates (subject to hydrolysis) is 1. The summed E-state index contributed by atoms with van der Waals surface area (Å²) in [5, 5.41) is 14.6. The van der Waals surface area contributed by atoms with Crippen molar-refractivity contribution >= 4 is 18.0 Å². The van der Waals surface area contributed by atoms with Crippen molar-refractivity contribution in [3.63, 3.8) is 0 Å². The van der Waals surface area contributed by atoms with Crippen molar-refractivity contribution in [2.45, 2.75) is 90.4 Å². The first kappa shape index (κ1) is 22.4. The highest BCUT2D eigenvalue weighted by Crippen LogP contribution is 2.37. The summed E-state index contributed by atoms with van der Waals surface area (Å²) in [4.78, 5) is 36.5. The van der Waals surface area contributed by atoms with Crippen LogP contribution < -0.4 is 10.6 Å². The molecule has 2 aliphatic heterocycles. The predicted molar refractivity (Wildman–Crippen MR) is 96.3 cm³/mol. The number of ether oxygens (including phenoxy) is 4. The number of hydrogen-bond acceptors (Lipinski definition) is 7. The largest absolute Gasteiger partial charge is 0.479 e. The molecule has 5 atom stereocenters. The third-order valence-corrected chi connectivity index (χ3v) is 4.22. The fourth-order valence-electron chi connectivity index (χ4n) is 3.10. The van der Waals surface area contributed by atoms with Gasteiger partial charge in [0.2, 0.25) is 5.91 Å². The Morgan fingerprint density at radius 2 is 1.75 bits per heavy atom. The van der Waals surface area contributed by atoms with E-state index in [1.807, 2.05) is 0 Å². The molecule has 0 spiro atoms. The molecule has 160 valence electrons. The van der Waals surface area contributed by atoms with Gasteiger partial charge < -0.3 is 34.7 Å². The van der Waals surface area contributed by atoms with E-state index in [4.69, 9.17) is 18.9 Å². The lowest BCUT2D eigenvalue weighted by Gasteiger charge is -2.28. The van der Waals surface area contributed by atoms with E-state index in [0.29, 0.717) is 0 Å². The fourth-order valence-corrected chi connectivity index (χ4v) is 3.10. The molecule has 0 saturated carbocycles. The number of carbonyl (C=O) groups excluding carboxylic acids is 2. The van der Waals surface area contributed by atoms with E-state index in [1.165, 1.54) is 0 Å². The molecule has 0 bridgehead atoms. The van der Waals surface area contributed by atoms with Crippen LogP contribution in [0.5, 0.6) is 0 Å². The first-order chi connectivity index (χ1) is 12.7. The highest BCUT2D eigenvalue weighted by molar-refractivity contribution is 5.87. The number of carbonyl (C=O) groups is 3. The van der Waals surface area contributed by atoms with E-state index in [-0.39, 0.29) is 5.92 Å². The van der Waals surface area contributed by atoms with Crippen LogP contribution in [-0.2, 0) is 28.5 Å². The summed E-state index contributed by atoms with van der Waals surface area (Å²) in [6, 6.07) is -1.91. The van der Waals surface area contributed by atoms with Gasteiger partial charge in [0.15, 0.2) is 18.2 Å². The maximum Gasteiger partial charge on any atom is 0.408 e. The zero-order chi connectivity index (χ0) is 21.4. The summed E-state index contributed by atoms with van der Waals surface area (Å²) in [5.41, 5.74) is -0.719. The average molecular weight is 402 g/mol. The van der Waals surface area contributed by atoms with E-state index in [0.717, 1.165) is 0 Å². The molecule has 0 aromatic carbocycles. The van der Waals surface area contributed by atoms with Crippen molar-refractivity contribution in [2.75, 3.05) is 0 Å². The normalized spacial score (nSPS) is 29.9. The summed E-state index contributed by atoms with van der Waals surface area (Å²) >= 11 is 0. The lowest BCUT2D eigenvalue weighted by Crippen LogP contribution is -2.57. The molecule has 2 fully saturated rings. The number of hydrogen-bond donors (Lipinski definition) is 3. The quantitative estimate of drug-likeness (QED) is 0.620. The third kappa shape index (κ3) is 5.33. The molecule has 0 aromatic heterocycles. The maximum absolute atomic E-state index is 12.8. The summed E-state index contributed by atoms with van der Waals surface area (Å²) in [6.07, 6.45) is -3.75. The molecule has 28 heavy (non-hydrogen) atoms. The molecular weight excluding hydrogens is 372 g/mol. The zero-order valence-corrected chi connectivity index (χ0v) is 17.3. The van der Waals surface area contributed by atoms with Gasteiger partial charge in [0.05, 0.1) is 6.04 Å². The number of rotatable bonds is 5. The van der Waals surface area contributed by atoms with Gasteiger partial charge in [-0.15, -0.1) is 0 Å². The Kier molecular flexibility index (Phi) is 6.27. The minimum atomic E-state index is -1.33. The van der Waals surface area contributed by atoms with Gasteiger partial charge in [0, 0.05) is 0 Å². The smallest absolute Gasteiger partial charge is 0.408 e. The lowest BCUT2D eigenvalue weighted by atomic mass is 10.0. The van der Waals surface area contributed by atoms with Crippen LogP contribution in [0, 0.1) is 5.92 Å². The molecule has 2 aliphatic rings. The van der Waals surface area contributed by atoms with Gasteiger partial charge in [-0.25, -0.2) is 9.59 Å². The molecule has 2 heterocycles. The topological polar surface area (TPSA) is 132 Å². The molecule has 10 nitrogen and oxygen atoms in total. The van der Waals surface area contributed by atoms with E-state index < -0.39 is 59.9 Å². The van der Waals surface area contributed by atoms with Gasteiger partial charge in [0.25, 0.3) is 0 Å². The summed E-state index contributed by atoms with van der Waals surface area (Å²) in [7, 11) is 0. The van der Waals surface area contributed by atoms with Crippen LogP contribution in [0.25, 0.3) is 0 Å². The predicted octanol–water partition coefficient (Wildman–Crippen LogP) is 0.982. The van der Waals surface area contributed by atoms with Crippen LogP contribution in [0.2, 0.25) is 0 Å². The van der Waals surface area contributed by atoms with E-state index in [9.17, 15) is 19.5 Å². The molecule has 0 unspecified atom stereocenters. The van der Waals surface area contributed by atoms with Crippen LogP contribution in [0.15, 0.2) is 0 Å². The Hall–Kier alpha value is -1.91. The Labute approximate surface area is 164 Å². The Morgan fingerprint density at radius 1 is 1.14 bits per heavy atom.